The van der Waals surface area contributed by atoms with Crippen molar-refractivity contribution in [2.45, 2.75) is 6.36 Å². The topological polar surface area (TPSA) is 75.7 Å². The molecule has 0 bridgehead atoms. The van der Waals surface area contributed by atoms with Gasteiger partial charge in [-0.15, -0.1) is 0 Å². The molecule has 0 spiro atoms. The first kappa shape index (κ1) is 11.1. The minimum atomic E-state index is -1.59. The molecule has 0 amide bonds. The summed E-state index contributed by atoms with van der Waals surface area (Å²) in [7, 11) is 0. The fourth-order valence-corrected chi connectivity index (χ4v) is 1.07. The molecule has 6 nitrogen and oxygen atoms in total. The Balaban J connectivity index is 2.00. The van der Waals surface area contributed by atoms with E-state index in [0.29, 0.717) is 11.6 Å². The molecule has 17 heavy (non-hydrogen) atoms. The lowest BCUT2D eigenvalue weighted by Crippen LogP contribution is -2.07. The zero-order valence-corrected chi connectivity index (χ0v) is 8.80. The lowest BCUT2D eigenvalue weighted by atomic mass is 10.5. The van der Waals surface area contributed by atoms with E-state index in [9.17, 15) is 4.39 Å². The maximum Gasteiger partial charge on any atom is 0.259 e. The van der Waals surface area contributed by atoms with Crippen molar-refractivity contribution >= 4 is 11.6 Å². The van der Waals surface area contributed by atoms with E-state index in [4.69, 9.17) is 4.74 Å². The number of alkyl halides is 1. The average Bonchev–Trinajstić information content (AvgIpc) is 2.84. The maximum absolute atomic E-state index is 12.8. The van der Waals surface area contributed by atoms with Crippen LogP contribution in [0.25, 0.3) is 0 Å². The Kier molecular flexibility index (Phi) is 3.29. The highest BCUT2D eigenvalue weighted by atomic mass is 19.1. The van der Waals surface area contributed by atoms with Crippen LogP contribution in [-0.4, -0.2) is 26.5 Å². The van der Waals surface area contributed by atoms with Gasteiger partial charge in [-0.3, -0.25) is 5.10 Å². The number of hydrogen-bond donors (Lipinski definition) is 2. The SMILES string of the molecule is C=CC(F)Oc1cnc(Nc2ccn[nH]2)cn1. The van der Waals surface area contributed by atoms with Crippen LogP contribution in [0.3, 0.4) is 0 Å². The predicted molar refractivity (Wildman–Crippen MR) is 59.6 cm³/mol. The van der Waals surface area contributed by atoms with Crippen molar-refractivity contribution in [3.8, 4) is 5.88 Å². The highest BCUT2D eigenvalue weighted by molar-refractivity contribution is 5.49. The van der Waals surface area contributed by atoms with Crippen molar-refractivity contribution < 1.29 is 9.13 Å². The summed E-state index contributed by atoms with van der Waals surface area (Å²) in [5, 5.41) is 9.39. The number of rotatable bonds is 5. The zero-order chi connectivity index (χ0) is 12.1. The molecule has 0 fully saturated rings. The summed E-state index contributed by atoms with van der Waals surface area (Å²) >= 11 is 0. The fourth-order valence-electron chi connectivity index (χ4n) is 1.07. The van der Waals surface area contributed by atoms with Crippen LogP contribution in [-0.2, 0) is 0 Å². The number of anilines is 2. The van der Waals surface area contributed by atoms with Crippen LogP contribution in [0.4, 0.5) is 16.0 Å². The third-order valence-electron chi connectivity index (χ3n) is 1.81. The van der Waals surface area contributed by atoms with Crippen LogP contribution < -0.4 is 10.1 Å². The molecular weight excluding hydrogens is 225 g/mol. The second-order valence-electron chi connectivity index (χ2n) is 3.04. The normalized spacial score (nSPS) is 11.8. The van der Waals surface area contributed by atoms with Gasteiger partial charge < -0.3 is 10.1 Å². The highest BCUT2D eigenvalue weighted by Gasteiger charge is 2.04. The number of halogens is 1. The third kappa shape index (κ3) is 3.00. The predicted octanol–water partition coefficient (Wildman–Crippen LogP) is 1.80. The van der Waals surface area contributed by atoms with Crippen molar-refractivity contribution in [3.05, 3.63) is 37.3 Å². The minimum Gasteiger partial charge on any atom is -0.438 e. The number of nitrogens with one attached hydrogen (secondary N) is 2. The molecular formula is C10H10FN5O. The van der Waals surface area contributed by atoms with E-state index < -0.39 is 6.36 Å². The smallest absolute Gasteiger partial charge is 0.259 e. The van der Waals surface area contributed by atoms with Gasteiger partial charge >= 0.3 is 0 Å². The number of aromatic nitrogens is 4. The van der Waals surface area contributed by atoms with E-state index in [1.807, 2.05) is 0 Å². The third-order valence-corrected chi connectivity index (χ3v) is 1.81. The largest absolute Gasteiger partial charge is 0.438 e. The summed E-state index contributed by atoms with van der Waals surface area (Å²) in [5.74, 6) is 1.27. The molecule has 7 heteroatoms. The number of nitrogens with zero attached hydrogens (tertiary/aromatic N) is 3. The van der Waals surface area contributed by atoms with Crippen LogP contribution in [0, 0.1) is 0 Å². The van der Waals surface area contributed by atoms with Gasteiger partial charge in [0, 0.05) is 6.07 Å². The van der Waals surface area contributed by atoms with E-state index in [1.54, 1.807) is 12.3 Å². The monoisotopic (exact) mass is 235 g/mol. The molecule has 0 aliphatic rings. The van der Waals surface area contributed by atoms with Gasteiger partial charge in [0.05, 0.1) is 18.6 Å². The van der Waals surface area contributed by atoms with Gasteiger partial charge in [0.15, 0.2) is 0 Å². The van der Waals surface area contributed by atoms with Gasteiger partial charge in [-0.1, -0.05) is 6.58 Å². The number of ether oxygens (including phenoxy) is 1. The van der Waals surface area contributed by atoms with Crippen LogP contribution in [0.5, 0.6) is 5.88 Å². The Morgan fingerprint density at radius 3 is 2.94 bits per heavy atom. The molecule has 0 saturated carbocycles. The quantitative estimate of drug-likeness (QED) is 0.773. The molecule has 2 aromatic rings. The van der Waals surface area contributed by atoms with E-state index in [0.717, 1.165) is 6.08 Å². The highest BCUT2D eigenvalue weighted by Crippen LogP contribution is 2.13. The minimum absolute atomic E-state index is 0.0903. The Morgan fingerprint density at radius 2 is 2.35 bits per heavy atom. The van der Waals surface area contributed by atoms with Gasteiger partial charge in [-0.2, -0.15) is 9.49 Å². The van der Waals surface area contributed by atoms with Crippen LogP contribution in [0.15, 0.2) is 37.3 Å². The van der Waals surface area contributed by atoms with Crippen molar-refractivity contribution in [2.24, 2.45) is 0 Å². The van der Waals surface area contributed by atoms with Crippen molar-refractivity contribution in [1.29, 1.82) is 0 Å². The lowest BCUT2D eigenvalue weighted by molar-refractivity contribution is 0.108. The van der Waals surface area contributed by atoms with E-state index >= 15 is 0 Å². The first-order valence-electron chi connectivity index (χ1n) is 4.79. The second-order valence-corrected chi connectivity index (χ2v) is 3.04. The van der Waals surface area contributed by atoms with Gasteiger partial charge in [-0.25, -0.2) is 9.97 Å². The molecule has 0 saturated heterocycles. The van der Waals surface area contributed by atoms with E-state index in [-0.39, 0.29) is 5.88 Å². The summed E-state index contributed by atoms with van der Waals surface area (Å²) in [6.45, 7) is 3.25. The Labute approximate surface area is 96.6 Å². The van der Waals surface area contributed by atoms with Gasteiger partial charge in [-0.05, 0) is 6.08 Å². The van der Waals surface area contributed by atoms with Gasteiger partial charge in [0.2, 0.25) is 5.88 Å². The van der Waals surface area contributed by atoms with E-state index in [1.165, 1.54) is 12.4 Å². The maximum atomic E-state index is 12.8. The van der Waals surface area contributed by atoms with Crippen LogP contribution in [0.1, 0.15) is 0 Å². The lowest BCUT2D eigenvalue weighted by Gasteiger charge is -2.06. The summed E-state index contributed by atoms with van der Waals surface area (Å²) < 4.78 is 17.5. The number of hydrogen-bond acceptors (Lipinski definition) is 5. The molecule has 2 aromatic heterocycles. The molecule has 88 valence electrons. The number of aromatic amines is 1. The molecule has 2 N–H and O–H groups in total. The summed E-state index contributed by atoms with van der Waals surface area (Å²) in [6, 6.07) is 1.74. The van der Waals surface area contributed by atoms with Crippen molar-refractivity contribution in [3.63, 3.8) is 0 Å². The number of H-pyrrole nitrogens is 1. The average molecular weight is 235 g/mol. The second kappa shape index (κ2) is 5.06. The molecule has 1 atom stereocenters. The van der Waals surface area contributed by atoms with E-state index in [2.05, 4.69) is 32.1 Å². The molecule has 1 unspecified atom stereocenters. The standard InChI is InChI=1S/C10H10FN5O/c1-2-7(11)17-10-6-12-9(5-13-10)15-8-3-4-14-16-8/h2-7H,1H2,(H2,12,14,15,16). The van der Waals surface area contributed by atoms with Crippen LogP contribution in [0.2, 0.25) is 0 Å². The Hall–Kier alpha value is -2.44. The van der Waals surface area contributed by atoms with Crippen molar-refractivity contribution in [2.75, 3.05) is 5.32 Å². The molecule has 0 radical (unpaired) electrons. The summed E-state index contributed by atoms with van der Waals surface area (Å²) in [5.41, 5.74) is 0. The molecule has 0 aliphatic heterocycles. The van der Waals surface area contributed by atoms with Gasteiger partial charge in [0.25, 0.3) is 6.36 Å². The Morgan fingerprint density at radius 1 is 1.47 bits per heavy atom. The molecule has 0 aliphatic carbocycles. The summed E-state index contributed by atoms with van der Waals surface area (Å²) in [4.78, 5) is 7.87. The fraction of sp³-hybridized carbons (Fsp3) is 0.100. The first-order chi connectivity index (χ1) is 8.28. The molecule has 0 aromatic carbocycles. The summed E-state index contributed by atoms with van der Waals surface area (Å²) in [6.07, 6.45) is 3.78. The molecule has 2 heterocycles. The molecule has 2 rings (SSSR count). The van der Waals surface area contributed by atoms with Gasteiger partial charge in [0.1, 0.15) is 11.6 Å². The zero-order valence-electron chi connectivity index (χ0n) is 8.80. The first-order valence-corrected chi connectivity index (χ1v) is 4.79. The van der Waals surface area contributed by atoms with Crippen LogP contribution >= 0.6 is 0 Å². The van der Waals surface area contributed by atoms with Crippen molar-refractivity contribution in [1.82, 2.24) is 20.2 Å². The Bertz CT molecular complexity index is 470.